The summed E-state index contributed by atoms with van der Waals surface area (Å²) in [6.45, 7) is 3.55. The van der Waals surface area contributed by atoms with Crippen molar-refractivity contribution in [2.24, 2.45) is 5.92 Å². The number of methoxy groups -OCH3 is 1. The SMILES string of the molecule is COC(=O)C1CCCC1S(=O)(=O)NCc1nc(C)c(C)o1. The van der Waals surface area contributed by atoms with E-state index in [0.717, 1.165) is 5.69 Å². The lowest BCUT2D eigenvalue weighted by atomic mass is 10.1. The molecular weight excluding hydrogens is 296 g/mol. The van der Waals surface area contributed by atoms with Gasteiger partial charge in [0, 0.05) is 0 Å². The molecule has 1 aromatic rings. The number of sulfonamides is 1. The van der Waals surface area contributed by atoms with Gasteiger partial charge >= 0.3 is 5.97 Å². The zero-order chi connectivity index (χ0) is 15.6. The Morgan fingerprint density at radius 2 is 2.14 bits per heavy atom. The van der Waals surface area contributed by atoms with Crippen molar-refractivity contribution in [2.45, 2.75) is 44.9 Å². The first-order valence-electron chi connectivity index (χ1n) is 6.84. The number of nitrogens with zero attached hydrogens (tertiary/aromatic N) is 1. The molecular formula is C13H20N2O5S. The zero-order valence-corrected chi connectivity index (χ0v) is 13.2. The molecule has 0 saturated heterocycles. The van der Waals surface area contributed by atoms with Crippen LogP contribution in [0.2, 0.25) is 0 Å². The number of ether oxygens (including phenoxy) is 1. The van der Waals surface area contributed by atoms with Crippen LogP contribution in [0.1, 0.15) is 36.6 Å². The number of carbonyl (C=O) groups excluding carboxylic acids is 1. The van der Waals surface area contributed by atoms with Crippen molar-refractivity contribution in [3.05, 3.63) is 17.3 Å². The van der Waals surface area contributed by atoms with Crippen LogP contribution in [0.4, 0.5) is 0 Å². The molecule has 0 aromatic carbocycles. The van der Waals surface area contributed by atoms with E-state index >= 15 is 0 Å². The van der Waals surface area contributed by atoms with Crippen molar-refractivity contribution in [1.82, 2.24) is 9.71 Å². The molecule has 0 bridgehead atoms. The lowest BCUT2D eigenvalue weighted by molar-refractivity contribution is -0.145. The summed E-state index contributed by atoms with van der Waals surface area (Å²) in [5, 5.41) is -0.748. The molecule has 0 aliphatic heterocycles. The Morgan fingerprint density at radius 3 is 2.71 bits per heavy atom. The van der Waals surface area contributed by atoms with Crippen molar-refractivity contribution in [3.8, 4) is 0 Å². The number of aromatic nitrogens is 1. The van der Waals surface area contributed by atoms with Crippen LogP contribution in [0.15, 0.2) is 4.42 Å². The number of esters is 1. The second kappa shape index (κ2) is 6.15. The fraction of sp³-hybridized carbons (Fsp3) is 0.692. The van der Waals surface area contributed by atoms with Crippen molar-refractivity contribution >= 4 is 16.0 Å². The summed E-state index contributed by atoms with van der Waals surface area (Å²) in [4.78, 5) is 15.8. The van der Waals surface area contributed by atoms with Crippen molar-refractivity contribution in [1.29, 1.82) is 0 Å². The number of carbonyl (C=O) groups is 1. The number of oxazole rings is 1. The van der Waals surface area contributed by atoms with Gasteiger partial charge in [-0.05, 0) is 26.7 Å². The van der Waals surface area contributed by atoms with Gasteiger partial charge in [-0.15, -0.1) is 0 Å². The zero-order valence-electron chi connectivity index (χ0n) is 12.4. The van der Waals surface area contributed by atoms with Crippen LogP contribution in [-0.4, -0.2) is 31.7 Å². The van der Waals surface area contributed by atoms with E-state index < -0.39 is 27.2 Å². The van der Waals surface area contributed by atoms with Crippen molar-refractivity contribution in [2.75, 3.05) is 7.11 Å². The topological polar surface area (TPSA) is 98.5 Å². The third-order valence-electron chi connectivity index (χ3n) is 3.85. The van der Waals surface area contributed by atoms with Gasteiger partial charge in [-0.2, -0.15) is 0 Å². The van der Waals surface area contributed by atoms with Gasteiger partial charge in [0.05, 0.1) is 30.5 Å². The first-order chi connectivity index (χ1) is 9.85. The smallest absolute Gasteiger partial charge is 0.310 e. The maximum Gasteiger partial charge on any atom is 0.310 e. The predicted molar refractivity (Wildman–Crippen MR) is 74.9 cm³/mol. The van der Waals surface area contributed by atoms with Gasteiger partial charge in [0.15, 0.2) is 0 Å². The Morgan fingerprint density at radius 1 is 1.43 bits per heavy atom. The van der Waals surface area contributed by atoms with Crippen LogP contribution in [-0.2, 0) is 26.1 Å². The molecule has 1 aliphatic carbocycles. The number of hydrogen-bond acceptors (Lipinski definition) is 6. The summed E-state index contributed by atoms with van der Waals surface area (Å²) in [5.74, 6) is -0.0788. The van der Waals surface area contributed by atoms with E-state index in [0.29, 0.717) is 30.9 Å². The molecule has 7 nitrogen and oxygen atoms in total. The standard InChI is InChI=1S/C13H20N2O5S/c1-8-9(2)20-12(15-8)7-14-21(17,18)11-6-4-5-10(11)13(16)19-3/h10-11,14H,4-7H2,1-3H3. The van der Waals surface area contributed by atoms with Crippen LogP contribution in [0.25, 0.3) is 0 Å². The molecule has 0 amide bonds. The van der Waals surface area contributed by atoms with Gasteiger partial charge in [-0.25, -0.2) is 18.1 Å². The molecule has 2 unspecified atom stereocenters. The van der Waals surface area contributed by atoms with Gasteiger partial charge in [0.25, 0.3) is 0 Å². The Balaban J connectivity index is 2.05. The highest BCUT2D eigenvalue weighted by molar-refractivity contribution is 7.90. The summed E-state index contributed by atoms with van der Waals surface area (Å²) in [5.41, 5.74) is 0.734. The van der Waals surface area contributed by atoms with Gasteiger partial charge in [0.2, 0.25) is 15.9 Å². The lowest BCUT2D eigenvalue weighted by Gasteiger charge is -2.17. The minimum absolute atomic E-state index is 0.0125. The summed E-state index contributed by atoms with van der Waals surface area (Å²) < 4.78 is 37.2. The van der Waals surface area contributed by atoms with Gasteiger partial charge in [0.1, 0.15) is 5.76 Å². The number of nitrogens with one attached hydrogen (secondary N) is 1. The van der Waals surface area contributed by atoms with Crippen LogP contribution < -0.4 is 4.72 Å². The fourth-order valence-electron chi connectivity index (χ4n) is 2.60. The minimum Gasteiger partial charge on any atom is -0.469 e. The molecule has 21 heavy (non-hydrogen) atoms. The normalized spacial score (nSPS) is 22.4. The van der Waals surface area contributed by atoms with E-state index in [4.69, 9.17) is 4.42 Å². The maximum absolute atomic E-state index is 12.3. The molecule has 1 aromatic heterocycles. The van der Waals surface area contributed by atoms with E-state index in [1.54, 1.807) is 13.8 Å². The minimum atomic E-state index is -3.62. The van der Waals surface area contributed by atoms with E-state index in [9.17, 15) is 13.2 Å². The first-order valence-corrected chi connectivity index (χ1v) is 8.39. The molecule has 1 saturated carbocycles. The summed E-state index contributed by atoms with van der Waals surface area (Å²) >= 11 is 0. The molecule has 1 heterocycles. The van der Waals surface area contributed by atoms with E-state index in [-0.39, 0.29) is 6.54 Å². The molecule has 0 spiro atoms. The second-order valence-corrected chi connectivity index (χ2v) is 7.20. The Kier molecular flexibility index (Phi) is 4.67. The highest BCUT2D eigenvalue weighted by atomic mass is 32.2. The second-order valence-electron chi connectivity index (χ2n) is 5.21. The fourth-order valence-corrected chi connectivity index (χ4v) is 4.30. The molecule has 1 N–H and O–H groups in total. The highest BCUT2D eigenvalue weighted by Crippen LogP contribution is 2.31. The van der Waals surface area contributed by atoms with Crippen LogP contribution in [0.5, 0.6) is 0 Å². The average Bonchev–Trinajstić information content (AvgIpc) is 3.04. The molecule has 1 fully saturated rings. The van der Waals surface area contributed by atoms with E-state index in [1.807, 2.05) is 0 Å². The van der Waals surface area contributed by atoms with Crippen LogP contribution in [0.3, 0.4) is 0 Å². The van der Waals surface area contributed by atoms with Crippen LogP contribution in [0, 0.1) is 19.8 Å². The Hall–Kier alpha value is -1.41. The largest absolute Gasteiger partial charge is 0.469 e. The Labute approximate surface area is 124 Å². The molecule has 8 heteroatoms. The van der Waals surface area contributed by atoms with Gasteiger partial charge < -0.3 is 9.15 Å². The lowest BCUT2D eigenvalue weighted by Crippen LogP contribution is -2.39. The van der Waals surface area contributed by atoms with Gasteiger partial charge in [-0.3, -0.25) is 4.79 Å². The summed E-state index contributed by atoms with van der Waals surface area (Å²) in [6.07, 6.45) is 1.69. The summed E-state index contributed by atoms with van der Waals surface area (Å²) in [6, 6.07) is 0. The predicted octanol–water partition coefficient (Wildman–Crippen LogP) is 1.05. The quantitative estimate of drug-likeness (QED) is 0.815. The van der Waals surface area contributed by atoms with Crippen molar-refractivity contribution < 1.29 is 22.4 Å². The number of aryl methyl sites for hydroxylation is 2. The third kappa shape index (κ3) is 3.44. The first kappa shape index (κ1) is 16.0. The highest BCUT2D eigenvalue weighted by Gasteiger charge is 2.42. The van der Waals surface area contributed by atoms with Gasteiger partial charge in [-0.1, -0.05) is 6.42 Å². The monoisotopic (exact) mass is 316 g/mol. The molecule has 0 radical (unpaired) electrons. The molecule has 2 rings (SSSR count). The summed E-state index contributed by atoms with van der Waals surface area (Å²) in [7, 11) is -2.34. The number of hydrogen-bond donors (Lipinski definition) is 1. The number of rotatable bonds is 5. The van der Waals surface area contributed by atoms with Crippen LogP contribution >= 0.6 is 0 Å². The van der Waals surface area contributed by atoms with E-state index in [2.05, 4.69) is 14.4 Å². The molecule has 1 aliphatic rings. The Bertz CT molecular complexity index is 603. The molecule has 118 valence electrons. The maximum atomic E-state index is 12.3. The van der Waals surface area contributed by atoms with Crippen molar-refractivity contribution in [3.63, 3.8) is 0 Å². The molecule has 2 atom stereocenters. The average molecular weight is 316 g/mol. The van der Waals surface area contributed by atoms with E-state index in [1.165, 1.54) is 7.11 Å². The third-order valence-corrected chi connectivity index (χ3v) is 5.76.